The summed E-state index contributed by atoms with van der Waals surface area (Å²) >= 11 is 0. The van der Waals surface area contributed by atoms with Gasteiger partial charge in [-0.25, -0.2) is 0 Å². The molecule has 3 saturated carbocycles. The minimum atomic E-state index is 0.274. The van der Waals surface area contributed by atoms with Gasteiger partial charge in [-0.2, -0.15) is 0 Å². The molecular formula is C27H39NO2. The fourth-order valence-electron chi connectivity index (χ4n) is 9.10. The van der Waals surface area contributed by atoms with Crippen LogP contribution in [0.4, 0.5) is 0 Å². The van der Waals surface area contributed by atoms with Gasteiger partial charge in [-0.3, -0.25) is 4.79 Å². The molecule has 9 atom stereocenters. The molecule has 1 N–H and O–H groups in total. The number of ketones is 1. The summed E-state index contributed by atoms with van der Waals surface area (Å²) in [4.78, 5) is 12.1. The molecule has 4 fully saturated rings. The fraction of sp³-hybridized carbons (Fsp3) is 0.815. The Morgan fingerprint density at radius 2 is 1.93 bits per heavy atom. The molecule has 6 rings (SSSR count). The molecule has 0 aromatic heterocycles. The van der Waals surface area contributed by atoms with Crippen molar-refractivity contribution in [3.63, 3.8) is 0 Å². The topological polar surface area (TPSA) is 38.3 Å². The van der Waals surface area contributed by atoms with Crippen LogP contribution < -0.4 is 5.32 Å². The van der Waals surface area contributed by atoms with E-state index in [1.54, 1.807) is 5.57 Å². The van der Waals surface area contributed by atoms with Crippen LogP contribution in [0.2, 0.25) is 0 Å². The van der Waals surface area contributed by atoms with Gasteiger partial charge in [-0.15, -0.1) is 0 Å². The normalized spacial score (nSPS) is 52.4. The predicted octanol–water partition coefficient (Wildman–Crippen LogP) is 5.42. The van der Waals surface area contributed by atoms with E-state index in [0.29, 0.717) is 29.3 Å². The summed E-state index contributed by atoms with van der Waals surface area (Å²) in [5.41, 5.74) is 3.75. The van der Waals surface area contributed by atoms with Crippen LogP contribution in [0.3, 0.4) is 0 Å². The highest BCUT2D eigenvalue weighted by Gasteiger charge is 2.64. The predicted molar refractivity (Wildman–Crippen MR) is 119 cm³/mol. The lowest BCUT2D eigenvalue weighted by atomic mass is 9.46. The number of nitrogens with one attached hydrogen (secondary N) is 1. The summed E-state index contributed by atoms with van der Waals surface area (Å²) in [6, 6.07) is 0.535. The minimum Gasteiger partial charge on any atom is -0.497 e. The van der Waals surface area contributed by atoms with Gasteiger partial charge >= 0.3 is 0 Å². The van der Waals surface area contributed by atoms with Crippen LogP contribution in [0.1, 0.15) is 78.6 Å². The number of fused-ring (bicyclic) bond motifs is 7. The Morgan fingerprint density at radius 3 is 2.73 bits per heavy atom. The SMILES string of the molecule is CC1CCC(C2=COC3CC4C5CCC6=CC(=O)CCC6(C)C5CCC4(C)C23)NC1. The van der Waals surface area contributed by atoms with Crippen LogP contribution in [-0.2, 0) is 9.53 Å². The van der Waals surface area contributed by atoms with Crippen molar-refractivity contribution in [3.8, 4) is 0 Å². The average Bonchev–Trinajstić information content (AvgIpc) is 3.27. The molecule has 1 saturated heterocycles. The first-order valence-corrected chi connectivity index (χ1v) is 12.7. The first kappa shape index (κ1) is 19.6. The molecule has 6 aliphatic rings. The van der Waals surface area contributed by atoms with Gasteiger partial charge in [0.05, 0.1) is 6.26 Å². The van der Waals surface area contributed by atoms with Crippen molar-refractivity contribution < 1.29 is 9.53 Å². The molecule has 0 spiro atoms. The zero-order valence-electron chi connectivity index (χ0n) is 19.1. The van der Waals surface area contributed by atoms with E-state index in [1.807, 2.05) is 6.08 Å². The van der Waals surface area contributed by atoms with Crippen molar-refractivity contribution in [1.82, 2.24) is 5.32 Å². The van der Waals surface area contributed by atoms with Crippen molar-refractivity contribution in [2.75, 3.05) is 6.54 Å². The van der Waals surface area contributed by atoms with Crippen LogP contribution in [0.25, 0.3) is 0 Å². The number of carbonyl (C=O) groups excluding carboxylic acids is 1. The standard InChI is InChI=1S/C27H39NO2/c1-16-4-7-23(28-14-16)20-15-30-24-13-22-19-6-5-17-12-18(29)8-10-26(17,2)21(19)9-11-27(22,3)25(20)24/h12,15-16,19,21-25,28H,4-11,13-14H2,1-3H3. The first-order chi connectivity index (χ1) is 14.4. The summed E-state index contributed by atoms with van der Waals surface area (Å²) in [5.74, 6) is 4.15. The second-order valence-electron chi connectivity index (χ2n) is 12.2. The Morgan fingerprint density at radius 1 is 1.07 bits per heavy atom. The summed E-state index contributed by atoms with van der Waals surface area (Å²) in [7, 11) is 0. The lowest BCUT2D eigenvalue weighted by Gasteiger charge is -2.58. The fourth-order valence-corrected chi connectivity index (χ4v) is 9.10. The number of ether oxygens (including phenoxy) is 1. The van der Waals surface area contributed by atoms with Gasteiger partial charge in [0.25, 0.3) is 0 Å². The lowest BCUT2D eigenvalue weighted by Crippen LogP contribution is -2.51. The molecule has 2 heterocycles. The maximum atomic E-state index is 12.1. The minimum absolute atomic E-state index is 0.274. The second-order valence-corrected chi connectivity index (χ2v) is 12.2. The smallest absolute Gasteiger partial charge is 0.155 e. The van der Waals surface area contributed by atoms with Crippen LogP contribution in [0, 0.1) is 40.4 Å². The Labute approximate surface area is 182 Å². The van der Waals surface area contributed by atoms with E-state index in [2.05, 4.69) is 32.4 Å². The number of allylic oxidation sites excluding steroid dienone is 1. The monoisotopic (exact) mass is 409 g/mol. The highest BCUT2D eigenvalue weighted by Crippen LogP contribution is 2.68. The Balaban J connectivity index is 1.28. The van der Waals surface area contributed by atoms with Crippen LogP contribution in [0.15, 0.2) is 23.5 Å². The van der Waals surface area contributed by atoms with E-state index in [9.17, 15) is 4.79 Å². The van der Waals surface area contributed by atoms with Gasteiger partial charge in [-0.05, 0) is 104 Å². The van der Waals surface area contributed by atoms with E-state index in [-0.39, 0.29) is 5.41 Å². The molecule has 0 radical (unpaired) electrons. The summed E-state index contributed by atoms with van der Waals surface area (Å²) < 4.78 is 6.39. The Hall–Kier alpha value is -1.09. The summed E-state index contributed by atoms with van der Waals surface area (Å²) in [6.45, 7) is 8.63. The maximum Gasteiger partial charge on any atom is 0.155 e. The maximum absolute atomic E-state index is 12.1. The van der Waals surface area contributed by atoms with Gasteiger partial charge in [-0.1, -0.05) is 26.3 Å². The summed E-state index contributed by atoms with van der Waals surface area (Å²) in [6.07, 6.45) is 15.4. The molecule has 30 heavy (non-hydrogen) atoms. The largest absolute Gasteiger partial charge is 0.497 e. The highest BCUT2D eigenvalue weighted by molar-refractivity contribution is 5.91. The average molecular weight is 410 g/mol. The van der Waals surface area contributed by atoms with Crippen LogP contribution in [0.5, 0.6) is 0 Å². The van der Waals surface area contributed by atoms with E-state index >= 15 is 0 Å². The first-order valence-electron chi connectivity index (χ1n) is 12.7. The zero-order chi connectivity index (χ0) is 20.7. The molecule has 3 heteroatoms. The number of hydrogen-bond donors (Lipinski definition) is 1. The van der Waals surface area contributed by atoms with Gasteiger partial charge in [0.15, 0.2) is 5.78 Å². The van der Waals surface area contributed by atoms with E-state index < -0.39 is 0 Å². The molecule has 164 valence electrons. The van der Waals surface area contributed by atoms with E-state index in [1.165, 1.54) is 44.1 Å². The number of rotatable bonds is 1. The van der Waals surface area contributed by atoms with Crippen molar-refractivity contribution in [2.45, 2.75) is 90.7 Å². The quantitative estimate of drug-likeness (QED) is 0.629. The zero-order valence-corrected chi connectivity index (χ0v) is 19.1. The lowest BCUT2D eigenvalue weighted by molar-refractivity contribution is -0.117. The molecular weight excluding hydrogens is 370 g/mol. The molecule has 0 aromatic carbocycles. The highest BCUT2D eigenvalue weighted by atomic mass is 16.5. The van der Waals surface area contributed by atoms with Crippen LogP contribution in [-0.4, -0.2) is 24.5 Å². The number of carbonyl (C=O) groups is 1. The van der Waals surface area contributed by atoms with Gasteiger partial charge in [0, 0.05) is 18.4 Å². The molecule has 0 amide bonds. The molecule has 2 aliphatic heterocycles. The van der Waals surface area contributed by atoms with Gasteiger partial charge < -0.3 is 10.1 Å². The molecule has 4 aliphatic carbocycles. The van der Waals surface area contributed by atoms with Crippen molar-refractivity contribution in [1.29, 1.82) is 0 Å². The van der Waals surface area contributed by atoms with Crippen LogP contribution >= 0.6 is 0 Å². The molecule has 3 nitrogen and oxygen atoms in total. The van der Waals surface area contributed by atoms with Crippen molar-refractivity contribution >= 4 is 5.78 Å². The molecule has 0 aromatic rings. The second kappa shape index (κ2) is 6.70. The van der Waals surface area contributed by atoms with Gasteiger partial charge in [0.1, 0.15) is 6.10 Å². The molecule has 9 unspecified atom stereocenters. The summed E-state index contributed by atoms with van der Waals surface area (Å²) in [5, 5.41) is 3.85. The number of hydrogen-bond acceptors (Lipinski definition) is 3. The third-order valence-corrected chi connectivity index (χ3v) is 10.8. The third kappa shape index (κ3) is 2.63. The third-order valence-electron chi connectivity index (χ3n) is 10.8. The van der Waals surface area contributed by atoms with Crippen molar-refractivity contribution in [3.05, 3.63) is 23.5 Å². The van der Waals surface area contributed by atoms with E-state index in [4.69, 9.17) is 4.74 Å². The van der Waals surface area contributed by atoms with Crippen molar-refractivity contribution in [2.24, 2.45) is 40.4 Å². The Bertz CT molecular complexity index is 806. The van der Waals surface area contributed by atoms with Gasteiger partial charge in [0.2, 0.25) is 0 Å². The molecule has 0 bridgehead atoms. The Kier molecular flexibility index (Phi) is 4.38. The van der Waals surface area contributed by atoms with E-state index in [0.717, 1.165) is 49.5 Å². The number of piperidine rings is 1.